The molecule has 0 aromatic heterocycles. The molecule has 0 aromatic carbocycles. The summed E-state index contributed by atoms with van der Waals surface area (Å²) in [6.07, 6.45) is 53.0. The maximum Gasteiger partial charge on any atom is 0.220 e. The Morgan fingerprint density at radius 3 is 1.40 bits per heavy atom. The van der Waals surface area contributed by atoms with E-state index in [4.69, 9.17) is 0 Å². The molecule has 0 aliphatic carbocycles. The number of aliphatic hydroxyl groups excluding tert-OH is 2. The van der Waals surface area contributed by atoms with Crippen LogP contribution >= 0.6 is 0 Å². The average molecular weight is 656 g/mol. The van der Waals surface area contributed by atoms with Crippen LogP contribution in [-0.2, 0) is 4.79 Å². The fourth-order valence-electron chi connectivity index (χ4n) is 5.74. The highest BCUT2D eigenvalue weighted by Crippen LogP contribution is 2.14. The third-order valence-electron chi connectivity index (χ3n) is 8.79. The van der Waals surface area contributed by atoms with Crippen LogP contribution in [0.15, 0.2) is 60.8 Å². The van der Waals surface area contributed by atoms with Crippen LogP contribution < -0.4 is 5.32 Å². The third-order valence-corrected chi connectivity index (χ3v) is 8.79. The minimum Gasteiger partial charge on any atom is -0.394 e. The Labute approximate surface area is 292 Å². The van der Waals surface area contributed by atoms with E-state index in [1.807, 2.05) is 0 Å². The normalized spacial score (nSPS) is 13.7. The van der Waals surface area contributed by atoms with E-state index in [0.717, 1.165) is 57.8 Å². The highest BCUT2D eigenvalue weighted by molar-refractivity contribution is 5.76. The monoisotopic (exact) mass is 656 g/mol. The number of allylic oxidation sites excluding steroid dienone is 10. The average Bonchev–Trinajstić information content (AvgIpc) is 3.07. The Kier molecular flexibility index (Phi) is 37.0. The van der Waals surface area contributed by atoms with Crippen LogP contribution in [0.3, 0.4) is 0 Å². The van der Waals surface area contributed by atoms with Gasteiger partial charge in [0, 0.05) is 6.42 Å². The minimum absolute atomic E-state index is 0.0413. The van der Waals surface area contributed by atoms with Crippen molar-refractivity contribution in [2.75, 3.05) is 6.61 Å². The maximum absolute atomic E-state index is 12.3. The van der Waals surface area contributed by atoms with Crippen molar-refractivity contribution < 1.29 is 15.0 Å². The molecular formula is C43H77NO3. The van der Waals surface area contributed by atoms with Crippen LogP contribution in [0.1, 0.15) is 187 Å². The van der Waals surface area contributed by atoms with Gasteiger partial charge < -0.3 is 15.5 Å². The van der Waals surface area contributed by atoms with Crippen molar-refractivity contribution in [1.29, 1.82) is 0 Å². The first-order valence-electron chi connectivity index (χ1n) is 20.0. The quantitative estimate of drug-likeness (QED) is 0.0470. The largest absolute Gasteiger partial charge is 0.394 e. The Morgan fingerprint density at radius 2 is 0.936 bits per heavy atom. The zero-order valence-corrected chi connectivity index (χ0v) is 31.0. The number of amides is 1. The van der Waals surface area contributed by atoms with E-state index in [9.17, 15) is 15.0 Å². The molecule has 0 rings (SSSR count). The number of rotatable bonds is 35. The van der Waals surface area contributed by atoms with Crippen molar-refractivity contribution in [3.8, 4) is 0 Å². The van der Waals surface area contributed by atoms with E-state index in [1.54, 1.807) is 0 Å². The van der Waals surface area contributed by atoms with Crippen LogP contribution in [0.2, 0.25) is 0 Å². The first-order chi connectivity index (χ1) is 23.2. The van der Waals surface area contributed by atoms with E-state index < -0.39 is 12.1 Å². The van der Waals surface area contributed by atoms with Crippen molar-refractivity contribution in [3.05, 3.63) is 60.8 Å². The van der Waals surface area contributed by atoms with Gasteiger partial charge in [-0.15, -0.1) is 0 Å². The number of unbranched alkanes of at least 4 members (excludes halogenated alkanes) is 18. The van der Waals surface area contributed by atoms with Gasteiger partial charge in [0.2, 0.25) is 5.91 Å². The van der Waals surface area contributed by atoms with Gasteiger partial charge in [-0.25, -0.2) is 0 Å². The van der Waals surface area contributed by atoms with Gasteiger partial charge >= 0.3 is 0 Å². The number of carbonyl (C=O) groups is 1. The SMILES string of the molecule is CC/C=C\C/C=C\C/C=C\C/C=C\C/C=C\CCCCCCCCCCCCCC(=O)NC(CO)C(O)CCCCCCCCCC. The molecule has 2 atom stereocenters. The molecule has 272 valence electrons. The van der Waals surface area contributed by atoms with Crippen LogP contribution in [0.5, 0.6) is 0 Å². The van der Waals surface area contributed by atoms with Gasteiger partial charge in [-0.1, -0.05) is 184 Å². The zero-order valence-electron chi connectivity index (χ0n) is 31.0. The summed E-state index contributed by atoms with van der Waals surface area (Å²) in [5, 5.41) is 22.9. The second-order valence-corrected chi connectivity index (χ2v) is 13.3. The molecule has 0 aromatic rings. The van der Waals surface area contributed by atoms with E-state index in [-0.39, 0.29) is 12.5 Å². The van der Waals surface area contributed by atoms with E-state index in [0.29, 0.717) is 12.8 Å². The van der Waals surface area contributed by atoms with Crippen molar-refractivity contribution in [3.63, 3.8) is 0 Å². The van der Waals surface area contributed by atoms with Crippen LogP contribution in [0, 0.1) is 0 Å². The molecule has 4 heteroatoms. The van der Waals surface area contributed by atoms with Gasteiger partial charge in [0.1, 0.15) is 0 Å². The standard InChI is InChI=1S/C43H77NO3/c1-3-5-7-9-11-13-14-15-16-17-18-19-20-21-22-23-24-25-26-27-28-29-30-31-33-35-37-39-43(47)44-41(40-45)42(46)38-36-34-32-12-10-8-6-4-2/h5,7,11,13,15-16,18-19,21-22,41-42,45-46H,3-4,6,8-10,12,14,17,20,23-40H2,1-2H3,(H,44,47)/b7-5-,13-11-,16-15-,19-18-,22-21-. The lowest BCUT2D eigenvalue weighted by atomic mass is 10.0. The summed E-state index contributed by atoms with van der Waals surface area (Å²) in [5.41, 5.74) is 0. The van der Waals surface area contributed by atoms with Crippen LogP contribution in [0.25, 0.3) is 0 Å². The third kappa shape index (κ3) is 35.2. The summed E-state index contributed by atoms with van der Waals surface area (Å²) in [6, 6.07) is -0.537. The van der Waals surface area contributed by atoms with Gasteiger partial charge in [0.05, 0.1) is 18.8 Å². The zero-order chi connectivity index (χ0) is 34.3. The molecule has 0 saturated carbocycles. The smallest absolute Gasteiger partial charge is 0.220 e. The number of aliphatic hydroxyl groups is 2. The highest BCUT2D eigenvalue weighted by Gasteiger charge is 2.19. The topological polar surface area (TPSA) is 69.6 Å². The van der Waals surface area contributed by atoms with Crippen LogP contribution in [-0.4, -0.2) is 34.9 Å². The number of hydrogen-bond donors (Lipinski definition) is 3. The summed E-state index contributed by atoms with van der Waals surface area (Å²) in [5.74, 6) is -0.0413. The van der Waals surface area contributed by atoms with Crippen LogP contribution in [0.4, 0.5) is 0 Å². The lowest BCUT2D eigenvalue weighted by molar-refractivity contribution is -0.123. The Bertz CT molecular complexity index is 797. The summed E-state index contributed by atoms with van der Waals surface area (Å²) in [6.45, 7) is 4.20. The molecule has 0 aliphatic heterocycles. The lowest BCUT2D eigenvalue weighted by Crippen LogP contribution is -2.45. The fourth-order valence-corrected chi connectivity index (χ4v) is 5.74. The summed E-state index contributed by atoms with van der Waals surface area (Å²) >= 11 is 0. The number of hydrogen-bond acceptors (Lipinski definition) is 3. The second kappa shape index (κ2) is 38.5. The Balaban J connectivity index is 3.52. The first kappa shape index (κ1) is 45.1. The number of nitrogens with one attached hydrogen (secondary N) is 1. The minimum atomic E-state index is -0.659. The second-order valence-electron chi connectivity index (χ2n) is 13.3. The molecule has 3 N–H and O–H groups in total. The molecule has 47 heavy (non-hydrogen) atoms. The first-order valence-corrected chi connectivity index (χ1v) is 20.0. The molecule has 0 aliphatic rings. The fraction of sp³-hybridized carbons (Fsp3) is 0.744. The highest BCUT2D eigenvalue weighted by atomic mass is 16.3. The van der Waals surface area contributed by atoms with Crippen molar-refractivity contribution in [1.82, 2.24) is 5.32 Å². The molecule has 0 heterocycles. The summed E-state index contributed by atoms with van der Waals surface area (Å²) in [4.78, 5) is 12.3. The van der Waals surface area contributed by atoms with Gasteiger partial charge in [0.15, 0.2) is 0 Å². The predicted molar refractivity (Wildman–Crippen MR) is 207 cm³/mol. The van der Waals surface area contributed by atoms with Gasteiger partial charge in [-0.3, -0.25) is 4.79 Å². The van der Waals surface area contributed by atoms with Crippen molar-refractivity contribution in [2.45, 2.75) is 199 Å². The van der Waals surface area contributed by atoms with Gasteiger partial charge in [0.25, 0.3) is 0 Å². The molecule has 0 saturated heterocycles. The lowest BCUT2D eigenvalue weighted by Gasteiger charge is -2.22. The molecule has 0 spiro atoms. The van der Waals surface area contributed by atoms with E-state index >= 15 is 0 Å². The van der Waals surface area contributed by atoms with E-state index in [2.05, 4.69) is 79.9 Å². The molecule has 0 bridgehead atoms. The van der Waals surface area contributed by atoms with Gasteiger partial charge in [-0.2, -0.15) is 0 Å². The molecular weight excluding hydrogens is 578 g/mol. The maximum atomic E-state index is 12.3. The number of carbonyl (C=O) groups excluding carboxylic acids is 1. The summed E-state index contributed by atoms with van der Waals surface area (Å²) < 4.78 is 0. The molecule has 2 unspecified atom stereocenters. The molecule has 0 fully saturated rings. The van der Waals surface area contributed by atoms with Gasteiger partial charge in [-0.05, 0) is 57.8 Å². The molecule has 1 amide bonds. The summed E-state index contributed by atoms with van der Waals surface area (Å²) in [7, 11) is 0. The van der Waals surface area contributed by atoms with E-state index in [1.165, 1.54) is 103 Å². The Morgan fingerprint density at radius 1 is 0.532 bits per heavy atom. The van der Waals surface area contributed by atoms with Crippen molar-refractivity contribution >= 4 is 5.91 Å². The molecule has 0 radical (unpaired) electrons. The predicted octanol–water partition coefficient (Wildman–Crippen LogP) is 12.2. The Hall–Kier alpha value is -1.91. The van der Waals surface area contributed by atoms with Crippen molar-refractivity contribution in [2.24, 2.45) is 0 Å². The molecule has 4 nitrogen and oxygen atoms in total.